The van der Waals surface area contributed by atoms with Crippen LogP contribution in [0.4, 0.5) is 0 Å². The van der Waals surface area contributed by atoms with Gasteiger partial charge >= 0.3 is 0 Å². The van der Waals surface area contributed by atoms with Gasteiger partial charge in [-0.25, -0.2) is 4.98 Å². The zero-order valence-electron chi connectivity index (χ0n) is 9.07. The van der Waals surface area contributed by atoms with Crippen LogP contribution in [0.25, 0.3) is 6.08 Å². The lowest BCUT2D eigenvalue weighted by Crippen LogP contribution is -2.18. The molecule has 4 heteroatoms. The minimum absolute atomic E-state index is 0.0918. The fourth-order valence-corrected chi connectivity index (χ4v) is 1.11. The normalized spacial score (nSPS) is 11.0. The van der Waals surface area contributed by atoms with Gasteiger partial charge in [0, 0.05) is 24.9 Å². The number of amides is 1. The molecule has 0 radical (unpaired) electrons. The van der Waals surface area contributed by atoms with E-state index in [-0.39, 0.29) is 5.91 Å². The molecule has 0 spiro atoms. The van der Waals surface area contributed by atoms with E-state index in [0.717, 1.165) is 5.56 Å². The molecular formula is C11H14N2O2. The van der Waals surface area contributed by atoms with Crippen molar-refractivity contribution in [3.05, 3.63) is 29.5 Å². The number of carbonyl (C=O) groups excluding carboxylic acids is 1. The SMILES string of the molecule is CNC(=O)/C(C)=C/c1ccc(OC)nc1. The Bertz CT molecular complexity index is 369. The van der Waals surface area contributed by atoms with Crippen LogP contribution >= 0.6 is 0 Å². The number of methoxy groups -OCH3 is 1. The molecule has 4 nitrogen and oxygen atoms in total. The topological polar surface area (TPSA) is 51.2 Å². The summed E-state index contributed by atoms with van der Waals surface area (Å²) in [4.78, 5) is 15.3. The molecule has 0 aliphatic carbocycles. The van der Waals surface area contributed by atoms with E-state index in [9.17, 15) is 4.79 Å². The van der Waals surface area contributed by atoms with E-state index in [0.29, 0.717) is 11.5 Å². The molecular weight excluding hydrogens is 192 g/mol. The van der Waals surface area contributed by atoms with Gasteiger partial charge in [-0.05, 0) is 24.6 Å². The minimum atomic E-state index is -0.0918. The van der Waals surface area contributed by atoms with E-state index in [1.165, 1.54) is 0 Å². The van der Waals surface area contributed by atoms with Crippen LogP contribution in [-0.2, 0) is 4.79 Å². The zero-order chi connectivity index (χ0) is 11.3. The van der Waals surface area contributed by atoms with Crippen molar-refractivity contribution in [2.75, 3.05) is 14.2 Å². The first-order valence-electron chi connectivity index (χ1n) is 4.58. The quantitative estimate of drug-likeness (QED) is 0.757. The summed E-state index contributed by atoms with van der Waals surface area (Å²) >= 11 is 0. The number of pyridine rings is 1. The fourth-order valence-electron chi connectivity index (χ4n) is 1.11. The van der Waals surface area contributed by atoms with Gasteiger partial charge in [-0.1, -0.05) is 0 Å². The van der Waals surface area contributed by atoms with Gasteiger partial charge in [0.25, 0.3) is 0 Å². The van der Waals surface area contributed by atoms with Crippen molar-refractivity contribution in [3.8, 4) is 5.88 Å². The number of hydrogen-bond acceptors (Lipinski definition) is 3. The highest BCUT2D eigenvalue weighted by Crippen LogP contribution is 2.10. The summed E-state index contributed by atoms with van der Waals surface area (Å²) in [6, 6.07) is 3.60. The van der Waals surface area contributed by atoms with Crippen LogP contribution in [-0.4, -0.2) is 25.0 Å². The van der Waals surface area contributed by atoms with Crippen molar-refractivity contribution in [1.29, 1.82) is 0 Å². The van der Waals surface area contributed by atoms with Gasteiger partial charge in [0.15, 0.2) is 0 Å². The fraction of sp³-hybridized carbons (Fsp3) is 0.273. The van der Waals surface area contributed by atoms with E-state index in [4.69, 9.17) is 4.74 Å². The summed E-state index contributed by atoms with van der Waals surface area (Å²) in [7, 11) is 3.17. The van der Waals surface area contributed by atoms with Crippen molar-refractivity contribution in [1.82, 2.24) is 10.3 Å². The third kappa shape index (κ3) is 3.09. The molecule has 0 fully saturated rings. The van der Waals surface area contributed by atoms with Crippen molar-refractivity contribution in [2.45, 2.75) is 6.92 Å². The van der Waals surface area contributed by atoms with Gasteiger partial charge < -0.3 is 10.1 Å². The standard InChI is InChI=1S/C11H14N2O2/c1-8(11(14)12-2)6-9-4-5-10(15-3)13-7-9/h4-7H,1-3H3,(H,12,14)/b8-6+. The van der Waals surface area contributed by atoms with Gasteiger partial charge in [0.1, 0.15) is 0 Å². The number of carbonyl (C=O) groups is 1. The van der Waals surface area contributed by atoms with E-state index < -0.39 is 0 Å². The molecule has 0 unspecified atom stereocenters. The smallest absolute Gasteiger partial charge is 0.246 e. The Morgan fingerprint density at radius 2 is 2.27 bits per heavy atom. The van der Waals surface area contributed by atoms with Crippen LogP contribution < -0.4 is 10.1 Å². The van der Waals surface area contributed by atoms with Crippen LogP contribution in [0.1, 0.15) is 12.5 Å². The third-order valence-corrected chi connectivity index (χ3v) is 1.94. The number of nitrogens with one attached hydrogen (secondary N) is 1. The Labute approximate surface area is 89.0 Å². The zero-order valence-corrected chi connectivity index (χ0v) is 9.07. The predicted octanol–water partition coefficient (Wildman–Crippen LogP) is 1.24. The monoisotopic (exact) mass is 206 g/mol. The Morgan fingerprint density at radius 3 is 2.73 bits per heavy atom. The molecule has 0 saturated heterocycles. The number of likely N-dealkylation sites (N-methyl/N-ethyl adjacent to an activating group) is 1. The molecule has 1 N–H and O–H groups in total. The van der Waals surface area contributed by atoms with Gasteiger partial charge in [-0.3, -0.25) is 4.79 Å². The molecule has 0 aliphatic heterocycles. The summed E-state index contributed by atoms with van der Waals surface area (Å²) in [5.74, 6) is 0.468. The van der Waals surface area contributed by atoms with Crippen LogP contribution in [0.3, 0.4) is 0 Å². The highest BCUT2D eigenvalue weighted by atomic mass is 16.5. The van der Waals surface area contributed by atoms with E-state index >= 15 is 0 Å². The Balaban J connectivity index is 2.84. The Hall–Kier alpha value is -1.84. The van der Waals surface area contributed by atoms with Gasteiger partial charge in [0.2, 0.25) is 11.8 Å². The second-order valence-corrected chi connectivity index (χ2v) is 3.04. The maximum absolute atomic E-state index is 11.2. The first-order chi connectivity index (χ1) is 7.17. The van der Waals surface area contributed by atoms with Gasteiger partial charge in [-0.15, -0.1) is 0 Å². The first kappa shape index (κ1) is 11.2. The molecule has 0 aromatic carbocycles. The molecule has 0 aliphatic rings. The van der Waals surface area contributed by atoms with Crippen LogP contribution in [0.5, 0.6) is 5.88 Å². The maximum Gasteiger partial charge on any atom is 0.246 e. The molecule has 15 heavy (non-hydrogen) atoms. The Morgan fingerprint density at radius 1 is 1.53 bits per heavy atom. The van der Waals surface area contributed by atoms with E-state index in [1.54, 1.807) is 39.4 Å². The molecule has 1 aromatic heterocycles. The van der Waals surface area contributed by atoms with Gasteiger partial charge in [-0.2, -0.15) is 0 Å². The average molecular weight is 206 g/mol. The summed E-state index contributed by atoms with van der Waals surface area (Å²) in [6.45, 7) is 1.75. The maximum atomic E-state index is 11.2. The lowest BCUT2D eigenvalue weighted by molar-refractivity contribution is -0.116. The van der Waals surface area contributed by atoms with Gasteiger partial charge in [0.05, 0.1) is 7.11 Å². The summed E-state index contributed by atoms with van der Waals surface area (Å²) in [5.41, 5.74) is 1.52. The molecule has 1 rings (SSSR count). The van der Waals surface area contributed by atoms with Crippen LogP contribution in [0.15, 0.2) is 23.9 Å². The molecule has 0 bridgehead atoms. The highest BCUT2D eigenvalue weighted by Gasteiger charge is 2.00. The van der Waals surface area contributed by atoms with Crippen molar-refractivity contribution >= 4 is 12.0 Å². The average Bonchev–Trinajstić information content (AvgIpc) is 2.29. The van der Waals surface area contributed by atoms with Crippen LogP contribution in [0, 0.1) is 0 Å². The third-order valence-electron chi connectivity index (χ3n) is 1.94. The highest BCUT2D eigenvalue weighted by molar-refractivity contribution is 5.96. The summed E-state index contributed by atoms with van der Waals surface area (Å²) < 4.78 is 4.93. The molecule has 1 aromatic rings. The minimum Gasteiger partial charge on any atom is -0.481 e. The molecule has 0 atom stereocenters. The number of hydrogen-bond donors (Lipinski definition) is 1. The number of rotatable bonds is 3. The van der Waals surface area contributed by atoms with E-state index in [2.05, 4.69) is 10.3 Å². The summed E-state index contributed by atoms with van der Waals surface area (Å²) in [6.07, 6.45) is 3.43. The largest absolute Gasteiger partial charge is 0.481 e. The van der Waals surface area contributed by atoms with Crippen molar-refractivity contribution in [3.63, 3.8) is 0 Å². The molecule has 0 saturated carbocycles. The second kappa shape index (κ2) is 5.14. The Kier molecular flexibility index (Phi) is 3.85. The number of ether oxygens (including phenoxy) is 1. The predicted molar refractivity (Wildman–Crippen MR) is 58.5 cm³/mol. The van der Waals surface area contributed by atoms with E-state index in [1.807, 2.05) is 6.07 Å². The van der Waals surface area contributed by atoms with Crippen molar-refractivity contribution < 1.29 is 9.53 Å². The second-order valence-electron chi connectivity index (χ2n) is 3.04. The van der Waals surface area contributed by atoms with Crippen molar-refractivity contribution in [2.24, 2.45) is 0 Å². The molecule has 1 amide bonds. The lowest BCUT2D eigenvalue weighted by Gasteiger charge is -2.00. The molecule has 80 valence electrons. The van der Waals surface area contributed by atoms with Crippen LogP contribution in [0.2, 0.25) is 0 Å². The summed E-state index contributed by atoms with van der Waals surface area (Å²) in [5, 5.41) is 2.56. The number of nitrogens with zero attached hydrogens (tertiary/aromatic N) is 1. The first-order valence-corrected chi connectivity index (χ1v) is 4.58. The molecule has 1 heterocycles. The lowest BCUT2D eigenvalue weighted by atomic mass is 10.2. The number of aromatic nitrogens is 1.